The van der Waals surface area contributed by atoms with Gasteiger partial charge in [0.2, 0.25) is 64.8 Å². The van der Waals surface area contributed by atoms with Crippen LogP contribution in [0.2, 0.25) is 0 Å². The molecule has 6 aromatic carbocycles. The van der Waals surface area contributed by atoms with Crippen LogP contribution in [-0.2, 0) is 47.1 Å². The summed E-state index contributed by atoms with van der Waals surface area (Å²) in [5.74, 6) is 9.29. The monoisotopic (exact) mass is 1840 g/mol. The third-order valence-electron chi connectivity index (χ3n) is 21.9. The van der Waals surface area contributed by atoms with E-state index in [4.69, 9.17) is 99.2 Å². The first-order chi connectivity index (χ1) is 65.6. The standard InChI is InChI=1S/C23H20N6O.C21H24N6O.C18H17FN6O.2C18H18N6O.CO2/c1-14-10-11-19(30-14)22-27-23(25)26-21-18(13-15-6-5-9-17(24)12-15)20(28-29(21)22)16-7-3-2-4-8-16;1-12-8-9-16(28-12)19-25-20(23)24-18-15(11-13-6-5-7-14(22)10-13)17(21(2,3)4)26-27(18)19;1-9-7-11(4-5-13(9)20)8-12-15(19)24-25-16(12)22-18(21)23-17(25)14-6-3-10(2)26-14;2*1-10-6-7-15(25-10)17-22-18(20)21-16-14(11(2)23-24(16)17)9-12-4-3-5-13(19)8-12;2-1-3/h2-12H,13,24H2,1H3,(H2,25,26);5-10H,11,22H2,1-4H3,(H2,23,24);3-7H,8,20H2,1-2H3,(H2,21,22);2*3-8H,9,19H2,1-2H3,(H2,20,21);. The largest absolute Gasteiger partial charge is 0.458 e. The second-order valence-electron chi connectivity index (χ2n) is 33.6. The summed E-state index contributed by atoms with van der Waals surface area (Å²) in [4.78, 5) is 59.9. The number of fused-ring (bicyclic) bond motifs is 5. The molecule has 0 aliphatic carbocycles. The fourth-order valence-corrected chi connectivity index (χ4v) is 15.7. The molecule has 0 unspecified atom stereocenters. The molecule has 21 aromatic rings. The van der Waals surface area contributed by atoms with Crippen molar-refractivity contribution in [3.05, 3.63) is 319 Å². The Morgan fingerprint density at radius 1 is 0.307 bits per heavy atom. The predicted molar refractivity (Wildman–Crippen MR) is 520 cm³/mol. The maximum Gasteiger partial charge on any atom is 0.373 e. The van der Waals surface area contributed by atoms with Gasteiger partial charge in [-0.05, 0) is 204 Å². The Hall–Kier alpha value is -18.2. The number of aryl methyl sites for hydroxylation is 8. The molecule has 692 valence electrons. The Morgan fingerprint density at radius 3 is 0.927 bits per heavy atom. The lowest BCUT2D eigenvalue weighted by Gasteiger charge is -2.17. The summed E-state index contributed by atoms with van der Waals surface area (Å²) in [6.45, 7) is 21.5. The Labute approximate surface area is 781 Å². The summed E-state index contributed by atoms with van der Waals surface area (Å²) < 4.78 is 51.3. The highest BCUT2D eigenvalue weighted by atomic mass is 19.1. The molecule has 38 heteroatoms. The summed E-state index contributed by atoms with van der Waals surface area (Å²) >= 11 is 0. The minimum absolute atomic E-state index is 0.0242. The number of aromatic nitrogens is 20. The van der Waals surface area contributed by atoms with Crippen LogP contribution in [0.3, 0.4) is 0 Å². The van der Waals surface area contributed by atoms with Crippen LogP contribution >= 0.6 is 0 Å². The van der Waals surface area contributed by atoms with Gasteiger partial charge in [-0.25, -0.2) is 0 Å². The van der Waals surface area contributed by atoms with E-state index in [1.165, 1.54) is 4.52 Å². The third-order valence-corrected chi connectivity index (χ3v) is 21.9. The van der Waals surface area contributed by atoms with Crippen LogP contribution in [0.15, 0.2) is 228 Å². The van der Waals surface area contributed by atoms with Crippen molar-refractivity contribution in [1.29, 1.82) is 0 Å². The zero-order valence-corrected chi connectivity index (χ0v) is 76.6. The summed E-state index contributed by atoms with van der Waals surface area (Å²) in [5, 5.41) is 22.9. The topological polar surface area (TPSA) is 575 Å². The number of nitrogens with zero attached hydrogens (tertiary/aromatic N) is 20. The average Bonchev–Trinajstić information content (AvgIpc) is 1.61. The van der Waals surface area contributed by atoms with Crippen molar-refractivity contribution in [2.24, 2.45) is 0 Å². The zero-order chi connectivity index (χ0) is 96.9. The molecule has 15 heterocycles. The van der Waals surface area contributed by atoms with Gasteiger partial charge in [0.05, 0.1) is 28.3 Å². The van der Waals surface area contributed by atoms with E-state index in [2.05, 4.69) is 85.9 Å². The van der Waals surface area contributed by atoms with Gasteiger partial charge in [-0.3, -0.25) is 0 Å². The third kappa shape index (κ3) is 20.5. The SMILES string of the molecule is Cc1ccc(-c2nc(N)nc3c(Cc4ccc(N)c(C)c4)c(F)nn23)o1.Cc1ccc(-c2nc(N)nc3c(Cc4cccc(N)c4)c(-c4ccccc4)nn23)o1.Cc1ccc(-c2nc(N)nc3c(Cc4cccc(N)c4)c(C(C)(C)C)nn23)o1.Cc1ccc(-c2nc(N)nc3c(Cc4cccc(N)c4)c(C)nn23)o1.Cc1ccc(-c2nc(N)nc3c(Cc4cccc(N)c4)c(C)nn23)o1.O=C=O. The van der Waals surface area contributed by atoms with E-state index in [0.717, 1.165) is 124 Å². The molecule has 0 atom stereocenters. The number of carbonyl (C=O) groups excluding carboxylic acids is 2. The van der Waals surface area contributed by atoms with E-state index in [0.29, 0.717) is 141 Å². The lowest BCUT2D eigenvalue weighted by atomic mass is 9.87. The highest BCUT2D eigenvalue weighted by Crippen LogP contribution is 2.37. The maximum absolute atomic E-state index is 14.6. The number of rotatable bonds is 16. The van der Waals surface area contributed by atoms with E-state index >= 15 is 0 Å². The van der Waals surface area contributed by atoms with Crippen LogP contribution in [0, 0.1) is 61.3 Å². The van der Waals surface area contributed by atoms with Crippen molar-refractivity contribution in [3.8, 4) is 69.2 Å². The van der Waals surface area contributed by atoms with Gasteiger partial charge in [0.1, 0.15) is 28.8 Å². The molecule has 137 heavy (non-hydrogen) atoms. The molecule has 0 spiro atoms. The van der Waals surface area contributed by atoms with Crippen molar-refractivity contribution >= 4 is 92.6 Å². The summed E-state index contributed by atoms with van der Waals surface area (Å²) in [6, 6.07) is 65.3. The number of furan rings is 5. The molecule has 0 saturated heterocycles. The van der Waals surface area contributed by atoms with E-state index in [1.807, 2.05) is 243 Å². The summed E-state index contributed by atoms with van der Waals surface area (Å²) in [5.41, 5.74) is 80.8. The van der Waals surface area contributed by atoms with Crippen LogP contribution < -0.4 is 57.3 Å². The normalized spacial score (nSPS) is 11.2. The first-order valence-electron chi connectivity index (χ1n) is 43.1. The van der Waals surface area contributed by atoms with Crippen molar-refractivity contribution in [3.63, 3.8) is 0 Å². The second kappa shape index (κ2) is 38.7. The van der Waals surface area contributed by atoms with Crippen molar-refractivity contribution in [2.45, 2.75) is 114 Å². The molecule has 0 amide bonds. The number of anilines is 10. The molecule has 0 fully saturated rings. The van der Waals surface area contributed by atoms with E-state index in [1.54, 1.807) is 36.3 Å². The van der Waals surface area contributed by atoms with Gasteiger partial charge in [-0.2, -0.15) is 107 Å². The van der Waals surface area contributed by atoms with Crippen molar-refractivity contribution in [2.75, 3.05) is 57.3 Å². The highest BCUT2D eigenvalue weighted by Gasteiger charge is 2.30. The first kappa shape index (κ1) is 92.1. The molecule has 20 N–H and O–H groups in total. The van der Waals surface area contributed by atoms with E-state index in [-0.39, 0.29) is 41.3 Å². The minimum atomic E-state index is -0.621. The maximum atomic E-state index is 14.6. The van der Waals surface area contributed by atoms with Crippen LogP contribution in [0.5, 0.6) is 0 Å². The molecule has 0 bridgehead atoms. The lowest BCUT2D eigenvalue weighted by Crippen LogP contribution is -2.15. The quantitative estimate of drug-likeness (QED) is 0.0402. The Balaban J connectivity index is 0.000000123. The molecule has 37 nitrogen and oxygen atoms in total. The van der Waals surface area contributed by atoms with Crippen LogP contribution in [-0.4, -0.2) is 104 Å². The summed E-state index contributed by atoms with van der Waals surface area (Å²) in [6.07, 6.45) is 3.13. The van der Waals surface area contributed by atoms with Gasteiger partial charge < -0.3 is 79.4 Å². The Kier molecular flexibility index (Phi) is 26.0. The van der Waals surface area contributed by atoms with Crippen molar-refractivity contribution in [1.82, 2.24) is 97.9 Å². The molecule has 15 aromatic heterocycles. The number of benzene rings is 6. The number of hydrogen-bond donors (Lipinski definition) is 10. The van der Waals surface area contributed by atoms with Gasteiger partial charge in [-0.15, -0.1) is 5.10 Å². The van der Waals surface area contributed by atoms with E-state index < -0.39 is 5.95 Å². The van der Waals surface area contributed by atoms with Crippen LogP contribution in [0.1, 0.15) is 128 Å². The zero-order valence-electron chi connectivity index (χ0n) is 76.6. The Morgan fingerprint density at radius 2 is 0.599 bits per heavy atom. The second-order valence-corrected chi connectivity index (χ2v) is 33.6. The van der Waals surface area contributed by atoms with Gasteiger partial charge >= 0.3 is 6.15 Å². The fraction of sp³-hybridized carbons (Fsp3) is 0.172. The van der Waals surface area contributed by atoms with Gasteiger partial charge in [0, 0.05) is 93.8 Å². The smallest absolute Gasteiger partial charge is 0.373 e. The molecular weight excluding hydrogens is 1740 g/mol. The molecule has 0 radical (unpaired) electrons. The fourth-order valence-electron chi connectivity index (χ4n) is 15.7. The average molecular weight is 1840 g/mol. The molecule has 0 aliphatic heterocycles. The molecular formula is C99H97FN30O7. The first-order valence-corrected chi connectivity index (χ1v) is 43.1. The lowest BCUT2D eigenvalue weighted by molar-refractivity contribution is -0.191. The minimum Gasteiger partial charge on any atom is -0.458 e. The predicted octanol–water partition coefficient (Wildman–Crippen LogP) is 15.7. The Bertz CT molecular complexity index is 7900. The van der Waals surface area contributed by atoms with E-state index in [9.17, 15) is 4.39 Å². The highest BCUT2D eigenvalue weighted by molar-refractivity contribution is 5.75. The number of hydrogen-bond acceptors (Lipinski definition) is 32. The molecule has 0 saturated carbocycles. The number of nitrogen functional groups attached to an aromatic ring is 10. The van der Waals surface area contributed by atoms with Gasteiger partial charge in [-0.1, -0.05) is 112 Å². The van der Waals surface area contributed by atoms with Crippen molar-refractivity contribution < 1.29 is 36.1 Å². The molecule has 21 rings (SSSR count). The number of nitrogens with two attached hydrogens (primary N) is 10. The molecule has 0 aliphatic rings. The summed E-state index contributed by atoms with van der Waals surface area (Å²) in [7, 11) is 0. The van der Waals surface area contributed by atoms with Crippen LogP contribution in [0.4, 0.5) is 62.6 Å². The van der Waals surface area contributed by atoms with Gasteiger partial charge in [0.15, 0.2) is 57.0 Å². The van der Waals surface area contributed by atoms with Crippen LogP contribution in [0.25, 0.3) is 97.4 Å². The van der Waals surface area contributed by atoms with Gasteiger partial charge in [0.25, 0.3) is 0 Å². The number of halogens is 1.